The number of phenolic OH excluding ortho intramolecular Hbond substituents is 1. The number of phenols is 1. The highest BCUT2D eigenvalue weighted by atomic mass is 16.5. The maximum absolute atomic E-state index is 12.1. The van der Waals surface area contributed by atoms with Gasteiger partial charge in [0.1, 0.15) is 11.5 Å². The number of carbonyl (C=O) groups is 1. The van der Waals surface area contributed by atoms with Gasteiger partial charge in [-0.05, 0) is 42.0 Å². The first-order valence-corrected chi connectivity index (χ1v) is 7.90. The van der Waals surface area contributed by atoms with Gasteiger partial charge in [-0.3, -0.25) is 4.79 Å². The topological polar surface area (TPSA) is 70.9 Å². The Kier molecular flexibility index (Phi) is 4.95. The van der Waals surface area contributed by atoms with Crippen molar-refractivity contribution in [2.75, 3.05) is 0 Å². The molecule has 0 radical (unpaired) electrons. The molecule has 0 aliphatic rings. The van der Waals surface area contributed by atoms with Crippen LogP contribution >= 0.6 is 0 Å². The number of amides is 1. The van der Waals surface area contributed by atoms with Crippen molar-refractivity contribution in [3.63, 3.8) is 0 Å². The lowest BCUT2D eigenvalue weighted by Crippen LogP contribution is -2.33. The summed E-state index contributed by atoms with van der Waals surface area (Å²) in [7, 11) is 0. The van der Waals surface area contributed by atoms with Gasteiger partial charge in [-0.15, -0.1) is 0 Å². The van der Waals surface area contributed by atoms with Crippen LogP contribution in [0.2, 0.25) is 0 Å². The number of hydrogen-bond acceptors (Lipinski definition) is 4. The molecule has 0 saturated heterocycles. The van der Waals surface area contributed by atoms with E-state index in [4.69, 9.17) is 4.74 Å². The molecule has 0 unspecified atom stereocenters. The van der Waals surface area contributed by atoms with Crippen LogP contribution in [0, 0.1) is 0 Å². The fourth-order valence-electron chi connectivity index (χ4n) is 2.35. The standard InChI is InChI=1S/C20H18N2O3/c1-14(20(24)22-21-13-17-8-4-5-9-19(17)23)25-18-11-10-15-6-2-3-7-16(15)12-18/h2-14,23H,1H3,(H,22,24)/b21-13+/t14-/m1/s1. The second-order valence-electron chi connectivity index (χ2n) is 5.56. The molecular weight excluding hydrogens is 316 g/mol. The lowest BCUT2D eigenvalue weighted by Gasteiger charge is -2.13. The zero-order valence-electron chi connectivity index (χ0n) is 13.7. The molecule has 5 nitrogen and oxygen atoms in total. The minimum Gasteiger partial charge on any atom is -0.507 e. The van der Waals surface area contributed by atoms with Gasteiger partial charge in [0.05, 0.1) is 6.21 Å². The van der Waals surface area contributed by atoms with Crippen molar-refractivity contribution in [3.05, 3.63) is 72.3 Å². The lowest BCUT2D eigenvalue weighted by molar-refractivity contribution is -0.127. The van der Waals surface area contributed by atoms with Crippen molar-refractivity contribution in [1.82, 2.24) is 5.43 Å². The summed E-state index contributed by atoms with van der Waals surface area (Å²) in [5, 5.41) is 15.6. The minimum atomic E-state index is -0.706. The molecular formula is C20H18N2O3. The van der Waals surface area contributed by atoms with E-state index in [1.165, 1.54) is 6.21 Å². The van der Waals surface area contributed by atoms with Crippen LogP contribution in [0.25, 0.3) is 10.8 Å². The van der Waals surface area contributed by atoms with Crippen molar-refractivity contribution in [3.8, 4) is 11.5 Å². The van der Waals surface area contributed by atoms with E-state index in [1.807, 2.05) is 42.5 Å². The highest BCUT2D eigenvalue weighted by Crippen LogP contribution is 2.21. The first-order chi connectivity index (χ1) is 12.1. The number of hydrazone groups is 1. The Morgan fingerprint density at radius 3 is 2.60 bits per heavy atom. The Balaban J connectivity index is 1.61. The highest BCUT2D eigenvalue weighted by molar-refractivity contribution is 5.86. The maximum Gasteiger partial charge on any atom is 0.280 e. The molecule has 5 heteroatoms. The normalized spacial score (nSPS) is 12.2. The zero-order valence-corrected chi connectivity index (χ0v) is 13.7. The monoisotopic (exact) mass is 334 g/mol. The van der Waals surface area contributed by atoms with E-state index < -0.39 is 6.10 Å². The van der Waals surface area contributed by atoms with Gasteiger partial charge in [-0.25, -0.2) is 5.43 Å². The van der Waals surface area contributed by atoms with Crippen molar-refractivity contribution in [2.45, 2.75) is 13.0 Å². The second kappa shape index (κ2) is 7.49. The molecule has 0 aliphatic heterocycles. The summed E-state index contributed by atoms with van der Waals surface area (Å²) in [6.07, 6.45) is 0.679. The third kappa shape index (κ3) is 4.14. The molecule has 0 saturated carbocycles. The van der Waals surface area contributed by atoms with Crippen LogP contribution in [0.4, 0.5) is 0 Å². The molecule has 3 rings (SSSR count). The quantitative estimate of drug-likeness (QED) is 0.554. The van der Waals surface area contributed by atoms with E-state index in [2.05, 4.69) is 10.5 Å². The fourth-order valence-corrected chi connectivity index (χ4v) is 2.35. The van der Waals surface area contributed by atoms with E-state index in [-0.39, 0.29) is 11.7 Å². The Morgan fingerprint density at radius 1 is 1.08 bits per heavy atom. The van der Waals surface area contributed by atoms with Crippen LogP contribution in [0.15, 0.2) is 71.8 Å². The van der Waals surface area contributed by atoms with Gasteiger partial charge in [0.25, 0.3) is 5.91 Å². The van der Waals surface area contributed by atoms with Crippen LogP contribution in [-0.2, 0) is 4.79 Å². The Labute approximate surface area is 145 Å². The predicted molar refractivity (Wildman–Crippen MR) is 97.9 cm³/mol. The highest BCUT2D eigenvalue weighted by Gasteiger charge is 2.14. The van der Waals surface area contributed by atoms with Crippen LogP contribution in [0.5, 0.6) is 11.5 Å². The molecule has 0 bridgehead atoms. The third-order valence-corrected chi connectivity index (χ3v) is 3.72. The number of benzene rings is 3. The van der Waals surface area contributed by atoms with Gasteiger partial charge in [-0.1, -0.05) is 42.5 Å². The summed E-state index contributed by atoms with van der Waals surface area (Å²) < 4.78 is 5.68. The molecule has 1 amide bonds. The SMILES string of the molecule is C[C@@H](Oc1ccc2ccccc2c1)C(=O)N/N=C/c1ccccc1O. The molecule has 0 heterocycles. The number of fused-ring (bicyclic) bond motifs is 1. The number of ether oxygens (including phenoxy) is 1. The molecule has 0 fully saturated rings. The molecule has 126 valence electrons. The third-order valence-electron chi connectivity index (χ3n) is 3.72. The number of nitrogens with zero attached hydrogens (tertiary/aromatic N) is 1. The zero-order chi connectivity index (χ0) is 17.6. The van der Waals surface area contributed by atoms with Crippen molar-refractivity contribution in [2.24, 2.45) is 5.10 Å². The molecule has 25 heavy (non-hydrogen) atoms. The van der Waals surface area contributed by atoms with E-state index >= 15 is 0 Å². The fraction of sp³-hybridized carbons (Fsp3) is 0.100. The molecule has 3 aromatic carbocycles. The van der Waals surface area contributed by atoms with Gasteiger partial charge in [-0.2, -0.15) is 5.10 Å². The summed E-state index contributed by atoms with van der Waals surface area (Å²) in [6.45, 7) is 1.65. The van der Waals surface area contributed by atoms with Crippen LogP contribution in [0.3, 0.4) is 0 Å². The summed E-state index contributed by atoms with van der Waals surface area (Å²) in [5.41, 5.74) is 2.93. The number of para-hydroxylation sites is 1. The minimum absolute atomic E-state index is 0.0981. The van der Waals surface area contributed by atoms with Gasteiger partial charge in [0, 0.05) is 5.56 Å². The average molecular weight is 334 g/mol. The number of carbonyl (C=O) groups excluding carboxylic acids is 1. The average Bonchev–Trinajstić information content (AvgIpc) is 2.63. The Morgan fingerprint density at radius 2 is 1.80 bits per heavy atom. The number of nitrogens with one attached hydrogen (secondary N) is 1. The molecule has 2 N–H and O–H groups in total. The summed E-state index contributed by atoms with van der Waals surface area (Å²) in [6, 6.07) is 20.3. The molecule has 0 aromatic heterocycles. The van der Waals surface area contributed by atoms with Crippen LogP contribution in [-0.4, -0.2) is 23.3 Å². The largest absolute Gasteiger partial charge is 0.507 e. The number of aromatic hydroxyl groups is 1. The van der Waals surface area contributed by atoms with Crippen LogP contribution in [0.1, 0.15) is 12.5 Å². The number of rotatable bonds is 5. The van der Waals surface area contributed by atoms with Gasteiger partial charge in [0.15, 0.2) is 6.10 Å². The van der Waals surface area contributed by atoms with Crippen molar-refractivity contribution < 1.29 is 14.6 Å². The van der Waals surface area contributed by atoms with E-state index in [0.29, 0.717) is 11.3 Å². The smallest absolute Gasteiger partial charge is 0.280 e. The van der Waals surface area contributed by atoms with Crippen molar-refractivity contribution >= 4 is 22.9 Å². The second-order valence-corrected chi connectivity index (χ2v) is 5.56. The molecule has 0 aliphatic carbocycles. The van der Waals surface area contributed by atoms with E-state index in [0.717, 1.165) is 10.8 Å². The van der Waals surface area contributed by atoms with Crippen LogP contribution < -0.4 is 10.2 Å². The van der Waals surface area contributed by atoms with E-state index in [9.17, 15) is 9.90 Å². The van der Waals surface area contributed by atoms with Gasteiger partial charge in [0.2, 0.25) is 0 Å². The summed E-state index contributed by atoms with van der Waals surface area (Å²) in [5.74, 6) is 0.340. The summed E-state index contributed by atoms with van der Waals surface area (Å²) in [4.78, 5) is 12.1. The maximum atomic E-state index is 12.1. The first kappa shape index (κ1) is 16.5. The van der Waals surface area contributed by atoms with E-state index in [1.54, 1.807) is 31.2 Å². The van der Waals surface area contributed by atoms with Crippen molar-refractivity contribution in [1.29, 1.82) is 0 Å². The predicted octanol–water partition coefficient (Wildman–Crippen LogP) is 3.46. The number of hydrogen-bond donors (Lipinski definition) is 2. The Bertz CT molecular complexity index is 921. The lowest BCUT2D eigenvalue weighted by atomic mass is 10.1. The Hall–Kier alpha value is -3.34. The summed E-state index contributed by atoms with van der Waals surface area (Å²) >= 11 is 0. The first-order valence-electron chi connectivity index (χ1n) is 7.90. The molecule has 0 spiro atoms. The van der Waals surface area contributed by atoms with Gasteiger partial charge >= 0.3 is 0 Å². The van der Waals surface area contributed by atoms with Gasteiger partial charge < -0.3 is 9.84 Å². The molecule has 3 aromatic rings. The molecule has 1 atom stereocenters.